The Morgan fingerprint density at radius 3 is 2.79 bits per heavy atom. The van der Waals surface area contributed by atoms with Crippen LogP contribution in [0.3, 0.4) is 0 Å². The van der Waals surface area contributed by atoms with Gasteiger partial charge in [-0.15, -0.1) is 11.8 Å². The van der Waals surface area contributed by atoms with Gasteiger partial charge in [0.1, 0.15) is 0 Å². The molecule has 2 saturated heterocycles. The zero-order valence-corrected chi connectivity index (χ0v) is 10.3. The smallest absolute Gasteiger partial charge is 0.0676 e. The average Bonchev–Trinajstić information content (AvgIpc) is 2.00. The van der Waals surface area contributed by atoms with Gasteiger partial charge in [0.15, 0.2) is 0 Å². The number of thioether (sulfide) groups is 1. The van der Waals surface area contributed by atoms with Crippen molar-refractivity contribution < 1.29 is 0 Å². The zero-order valence-electron chi connectivity index (χ0n) is 9.52. The van der Waals surface area contributed by atoms with Gasteiger partial charge in [-0.2, -0.15) is 0 Å². The van der Waals surface area contributed by atoms with E-state index < -0.39 is 0 Å². The van der Waals surface area contributed by atoms with E-state index in [2.05, 4.69) is 43.2 Å². The largest absolute Gasteiger partial charge is 0.312 e. The topological polar surface area (TPSA) is 24.1 Å². The average molecular weight is 214 g/mol. The second kappa shape index (κ2) is 3.69. The summed E-state index contributed by atoms with van der Waals surface area (Å²) in [7, 11) is 0. The Balaban J connectivity index is 2.06. The van der Waals surface area contributed by atoms with E-state index in [1.165, 1.54) is 25.0 Å². The summed E-state index contributed by atoms with van der Waals surface area (Å²) in [5.74, 6) is 1.32. The van der Waals surface area contributed by atoms with Crippen molar-refractivity contribution in [2.75, 3.05) is 12.3 Å². The first kappa shape index (κ1) is 10.8. The third-order valence-corrected chi connectivity index (χ3v) is 4.76. The standard InChI is InChI=1S/C11H22N2S/c1-9-4-7-14-11(13-9)5-6-12-10(2,3)8-11/h9,12-13H,4-8H2,1-3H3. The molecule has 2 aliphatic rings. The van der Waals surface area contributed by atoms with E-state index in [-0.39, 0.29) is 0 Å². The molecule has 0 saturated carbocycles. The molecule has 2 fully saturated rings. The van der Waals surface area contributed by atoms with Crippen molar-refractivity contribution in [1.82, 2.24) is 10.6 Å². The van der Waals surface area contributed by atoms with Gasteiger partial charge in [0.2, 0.25) is 0 Å². The van der Waals surface area contributed by atoms with E-state index in [1.54, 1.807) is 0 Å². The van der Waals surface area contributed by atoms with Crippen LogP contribution in [0, 0.1) is 0 Å². The lowest BCUT2D eigenvalue weighted by molar-refractivity contribution is 0.209. The minimum Gasteiger partial charge on any atom is -0.312 e. The highest BCUT2D eigenvalue weighted by Crippen LogP contribution is 2.40. The Bertz CT molecular complexity index is 213. The van der Waals surface area contributed by atoms with Crippen molar-refractivity contribution in [3.63, 3.8) is 0 Å². The lowest BCUT2D eigenvalue weighted by Crippen LogP contribution is -2.61. The highest BCUT2D eigenvalue weighted by atomic mass is 32.2. The summed E-state index contributed by atoms with van der Waals surface area (Å²) in [4.78, 5) is 0.367. The second-order valence-corrected chi connectivity index (χ2v) is 6.89. The first-order valence-electron chi connectivity index (χ1n) is 5.68. The summed E-state index contributed by atoms with van der Waals surface area (Å²) in [6, 6.07) is 0.699. The van der Waals surface area contributed by atoms with Crippen molar-refractivity contribution in [2.24, 2.45) is 0 Å². The Hall–Kier alpha value is 0.270. The molecule has 2 aliphatic heterocycles. The Kier molecular flexibility index (Phi) is 2.84. The highest BCUT2D eigenvalue weighted by molar-refractivity contribution is 8.00. The fourth-order valence-electron chi connectivity index (χ4n) is 2.71. The molecule has 0 aliphatic carbocycles. The van der Waals surface area contributed by atoms with Crippen LogP contribution >= 0.6 is 11.8 Å². The number of piperidine rings is 1. The third-order valence-electron chi connectivity index (χ3n) is 3.30. The van der Waals surface area contributed by atoms with E-state index in [4.69, 9.17) is 0 Å². The third kappa shape index (κ3) is 2.26. The minimum atomic E-state index is 0.301. The predicted molar refractivity (Wildman–Crippen MR) is 63.7 cm³/mol. The van der Waals surface area contributed by atoms with E-state index >= 15 is 0 Å². The first-order chi connectivity index (χ1) is 6.52. The molecule has 2 nitrogen and oxygen atoms in total. The molecule has 2 heterocycles. The molecule has 0 radical (unpaired) electrons. The summed E-state index contributed by atoms with van der Waals surface area (Å²) in [6.07, 6.45) is 3.83. The number of rotatable bonds is 0. The SMILES string of the molecule is CC1CCSC2(CCNC(C)(C)C2)N1. The molecule has 2 unspecified atom stereocenters. The van der Waals surface area contributed by atoms with Crippen LogP contribution in [-0.4, -0.2) is 28.7 Å². The summed E-state index contributed by atoms with van der Waals surface area (Å²) in [6.45, 7) is 8.10. The van der Waals surface area contributed by atoms with Gasteiger partial charge in [-0.25, -0.2) is 0 Å². The van der Waals surface area contributed by atoms with Crippen LogP contribution in [-0.2, 0) is 0 Å². The summed E-state index contributed by atoms with van der Waals surface area (Å²) >= 11 is 2.14. The molecule has 0 aromatic rings. The van der Waals surface area contributed by atoms with Gasteiger partial charge in [0.05, 0.1) is 4.87 Å². The van der Waals surface area contributed by atoms with Crippen LogP contribution in [0.15, 0.2) is 0 Å². The van der Waals surface area contributed by atoms with Crippen LogP contribution in [0.2, 0.25) is 0 Å². The molecule has 14 heavy (non-hydrogen) atoms. The number of nitrogens with one attached hydrogen (secondary N) is 2. The maximum atomic E-state index is 3.81. The lowest BCUT2D eigenvalue weighted by atomic mass is 9.88. The Morgan fingerprint density at radius 2 is 2.14 bits per heavy atom. The monoisotopic (exact) mass is 214 g/mol. The van der Waals surface area contributed by atoms with Gasteiger partial charge in [0, 0.05) is 11.6 Å². The lowest BCUT2D eigenvalue weighted by Gasteiger charge is -2.49. The molecule has 2 atom stereocenters. The van der Waals surface area contributed by atoms with Crippen LogP contribution in [0.5, 0.6) is 0 Å². The van der Waals surface area contributed by atoms with Crippen LogP contribution in [0.4, 0.5) is 0 Å². The van der Waals surface area contributed by atoms with Gasteiger partial charge >= 0.3 is 0 Å². The van der Waals surface area contributed by atoms with Gasteiger partial charge in [0.25, 0.3) is 0 Å². The van der Waals surface area contributed by atoms with E-state index in [9.17, 15) is 0 Å². The number of hydrogen-bond acceptors (Lipinski definition) is 3. The van der Waals surface area contributed by atoms with E-state index in [1.807, 2.05) is 0 Å². The summed E-state index contributed by atoms with van der Waals surface area (Å²) in [5, 5.41) is 7.40. The van der Waals surface area contributed by atoms with Crippen molar-refractivity contribution in [2.45, 2.75) is 56.5 Å². The minimum absolute atomic E-state index is 0.301. The van der Waals surface area contributed by atoms with Gasteiger partial charge < -0.3 is 10.6 Å². The van der Waals surface area contributed by atoms with E-state index in [0.29, 0.717) is 16.5 Å². The molecule has 82 valence electrons. The van der Waals surface area contributed by atoms with Gasteiger partial charge in [-0.3, -0.25) is 0 Å². The fourth-order valence-corrected chi connectivity index (χ4v) is 4.56. The highest BCUT2D eigenvalue weighted by Gasteiger charge is 2.42. The molecule has 0 aromatic heterocycles. The maximum absolute atomic E-state index is 3.81. The molecule has 2 N–H and O–H groups in total. The van der Waals surface area contributed by atoms with Crippen molar-refractivity contribution >= 4 is 11.8 Å². The summed E-state index contributed by atoms with van der Waals surface area (Å²) in [5.41, 5.74) is 0.301. The van der Waals surface area contributed by atoms with Gasteiger partial charge in [-0.05, 0) is 52.3 Å². The molecule has 1 spiro atoms. The Labute approximate surface area is 91.6 Å². The maximum Gasteiger partial charge on any atom is 0.0676 e. The molecule has 3 heteroatoms. The van der Waals surface area contributed by atoms with Crippen molar-refractivity contribution in [3.8, 4) is 0 Å². The molecule has 0 aromatic carbocycles. The van der Waals surface area contributed by atoms with Crippen molar-refractivity contribution in [1.29, 1.82) is 0 Å². The normalized spacial score (nSPS) is 42.6. The van der Waals surface area contributed by atoms with Crippen LogP contribution < -0.4 is 10.6 Å². The number of hydrogen-bond donors (Lipinski definition) is 2. The Morgan fingerprint density at radius 1 is 1.36 bits per heavy atom. The zero-order chi connectivity index (χ0) is 10.2. The summed E-state index contributed by atoms with van der Waals surface area (Å²) < 4.78 is 0. The first-order valence-corrected chi connectivity index (χ1v) is 6.67. The van der Waals surface area contributed by atoms with E-state index in [0.717, 1.165) is 6.54 Å². The van der Waals surface area contributed by atoms with Crippen LogP contribution in [0.1, 0.15) is 40.0 Å². The second-order valence-electron chi connectivity index (χ2n) is 5.41. The molecule has 0 bridgehead atoms. The molecular formula is C11H22N2S. The van der Waals surface area contributed by atoms with Crippen molar-refractivity contribution in [3.05, 3.63) is 0 Å². The molecule has 0 amide bonds. The molecule has 2 rings (SSSR count). The van der Waals surface area contributed by atoms with Crippen LogP contribution in [0.25, 0.3) is 0 Å². The predicted octanol–water partition coefficient (Wildman–Crippen LogP) is 1.96. The van der Waals surface area contributed by atoms with Gasteiger partial charge in [-0.1, -0.05) is 0 Å². The quantitative estimate of drug-likeness (QED) is 0.644. The molecular weight excluding hydrogens is 192 g/mol. The fraction of sp³-hybridized carbons (Fsp3) is 1.00.